The first kappa shape index (κ1) is 11.0. The number of nitrogens with two attached hydrogens (primary N) is 1. The third-order valence-electron chi connectivity index (χ3n) is 2.80. The maximum atomic E-state index is 11.5. The third kappa shape index (κ3) is 1.63. The molecule has 2 aromatic heterocycles. The predicted octanol–water partition coefficient (Wildman–Crippen LogP) is 2.14. The van der Waals surface area contributed by atoms with Crippen molar-refractivity contribution in [2.75, 3.05) is 5.73 Å². The molecule has 3 aromatic rings. The maximum Gasteiger partial charge on any atom is 0.249 e. The predicted molar refractivity (Wildman–Crippen MR) is 69.3 cm³/mol. The summed E-state index contributed by atoms with van der Waals surface area (Å²) in [6, 6.07) is 4.87. The van der Waals surface area contributed by atoms with Crippen LogP contribution in [0.4, 0.5) is 5.82 Å². The Morgan fingerprint density at radius 1 is 1.42 bits per heavy atom. The molecular formula is C11H7N7O. The van der Waals surface area contributed by atoms with E-state index in [0.717, 1.165) is 5.52 Å². The molecule has 3 N–H and O–H groups in total. The van der Waals surface area contributed by atoms with Crippen molar-refractivity contribution in [3.05, 3.63) is 40.5 Å². The van der Waals surface area contributed by atoms with Crippen molar-refractivity contribution in [3.63, 3.8) is 0 Å². The van der Waals surface area contributed by atoms with Crippen LogP contribution in [0.25, 0.3) is 32.4 Å². The van der Waals surface area contributed by atoms with E-state index in [1.165, 1.54) is 6.33 Å². The minimum absolute atomic E-state index is 0.287. The van der Waals surface area contributed by atoms with E-state index < -0.39 is 5.91 Å². The number of azide groups is 1. The zero-order valence-electron chi connectivity index (χ0n) is 9.53. The van der Waals surface area contributed by atoms with Crippen LogP contribution in [0.5, 0.6) is 0 Å². The van der Waals surface area contributed by atoms with Gasteiger partial charge in [0.2, 0.25) is 5.91 Å². The van der Waals surface area contributed by atoms with Gasteiger partial charge in [0, 0.05) is 21.4 Å². The maximum absolute atomic E-state index is 11.5. The van der Waals surface area contributed by atoms with Gasteiger partial charge in [-0.15, -0.1) is 0 Å². The van der Waals surface area contributed by atoms with Gasteiger partial charge < -0.3 is 10.7 Å². The average molecular weight is 253 g/mol. The van der Waals surface area contributed by atoms with Crippen molar-refractivity contribution in [3.8, 4) is 0 Å². The van der Waals surface area contributed by atoms with Gasteiger partial charge >= 0.3 is 0 Å². The van der Waals surface area contributed by atoms with E-state index >= 15 is 0 Å². The zero-order valence-corrected chi connectivity index (χ0v) is 9.53. The van der Waals surface area contributed by atoms with E-state index in [-0.39, 0.29) is 5.56 Å². The molecule has 0 unspecified atom stereocenters. The lowest BCUT2D eigenvalue weighted by molar-refractivity contribution is 0.100. The molecule has 92 valence electrons. The lowest BCUT2D eigenvalue weighted by Gasteiger charge is -1.97. The highest BCUT2D eigenvalue weighted by molar-refractivity contribution is 6.12. The molecule has 8 nitrogen and oxygen atoms in total. The summed E-state index contributed by atoms with van der Waals surface area (Å²) >= 11 is 0. The first-order chi connectivity index (χ1) is 9.20. The summed E-state index contributed by atoms with van der Waals surface area (Å²) in [6.07, 6.45) is 1.36. The Bertz CT molecular complexity index is 860. The molecule has 19 heavy (non-hydrogen) atoms. The Morgan fingerprint density at radius 3 is 3.05 bits per heavy atom. The van der Waals surface area contributed by atoms with Crippen LogP contribution in [0, 0.1) is 0 Å². The van der Waals surface area contributed by atoms with E-state index in [9.17, 15) is 4.79 Å². The Morgan fingerprint density at radius 2 is 2.26 bits per heavy atom. The fourth-order valence-corrected chi connectivity index (χ4v) is 1.98. The van der Waals surface area contributed by atoms with Gasteiger partial charge in [0.1, 0.15) is 17.8 Å². The highest BCUT2D eigenvalue weighted by Crippen LogP contribution is 2.28. The highest BCUT2D eigenvalue weighted by atomic mass is 16.1. The molecule has 3 rings (SSSR count). The molecule has 0 saturated carbocycles. The molecular weight excluding hydrogens is 246 g/mol. The molecule has 0 aliphatic carbocycles. The lowest BCUT2D eigenvalue weighted by Crippen LogP contribution is -1.93. The minimum atomic E-state index is -0.644. The number of benzene rings is 1. The quantitative estimate of drug-likeness (QED) is 0.390. The van der Waals surface area contributed by atoms with Gasteiger partial charge in [-0.25, -0.2) is 9.97 Å². The van der Waals surface area contributed by atoms with Gasteiger partial charge in [0.15, 0.2) is 0 Å². The molecule has 8 heteroatoms. The first-order valence-corrected chi connectivity index (χ1v) is 5.32. The Balaban J connectivity index is 2.35. The molecule has 0 aliphatic rings. The average Bonchev–Trinajstić information content (AvgIpc) is 2.77. The highest BCUT2D eigenvalue weighted by Gasteiger charge is 2.11. The van der Waals surface area contributed by atoms with Crippen LogP contribution in [0.3, 0.4) is 0 Å². The van der Waals surface area contributed by atoms with E-state index in [1.807, 2.05) is 0 Å². The second-order valence-electron chi connectivity index (χ2n) is 3.86. The van der Waals surface area contributed by atoms with Crippen molar-refractivity contribution in [2.45, 2.75) is 0 Å². The van der Waals surface area contributed by atoms with Gasteiger partial charge in [-0.3, -0.25) is 4.79 Å². The summed E-state index contributed by atoms with van der Waals surface area (Å²) in [4.78, 5) is 25.1. The lowest BCUT2D eigenvalue weighted by atomic mass is 10.1. The topological polar surface area (TPSA) is 133 Å². The Labute approximate surface area is 105 Å². The number of anilines is 1. The number of fused-ring (bicyclic) bond motifs is 3. The number of H-pyrrole nitrogens is 1. The van der Waals surface area contributed by atoms with Crippen molar-refractivity contribution in [2.24, 2.45) is 5.11 Å². The number of nitrogens with one attached hydrogen (secondary N) is 1. The van der Waals surface area contributed by atoms with Gasteiger partial charge in [-0.1, -0.05) is 0 Å². The number of amides is 1. The third-order valence-corrected chi connectivity index (χ3v) is 2.80. The summed E-state index contributed by atoms with van der Waals surface area (Å²) in [5.41, 5.74) is 15.7. The van der Waals surface area contributed by atoms with Crippen LogP contribution in [0.2, 0.25) is 0 Å². The van der Waals surface area contributed by atoms with Crippen molar-refractivity contribution >= 4 is 33.7 Å². The minimum Gasteiger partial charge on any atom is -0.383 e. The van der Waals surface area contributed by atoms with Crippen molar-refractivity contribution < 1.29 is 4.79 Å². The number of nitrogens with zero attached hydrogens (tertiary/aromatic N) is 5. The second-order valence-corrected chi connectivity index (χ2v) is 3.86. The van der Waals surface area contributed by atoms with Gasteiger partial charge in [0.25, 0.3) is 0 Å². The monoisotopic (exact) mass is 253 g/mol. The number of rotatable bonds is 1. The molecule has 2 heterocycles. The molecule has 0 radical (unpaired) electrons. The number of hydrogen-bond donors (Lipinski definition) is 2. The molecule has 0 fully saturated rings. The van der Waals surface area contributed by atoms with Crippen LogP contribution in [0.15, 0.2) is 29.6 Å². The first-order valence-electron chi connectivity index (χ1n) is 5.32. The van der Waals surface area contributed by atoms with E-state index in [4.69, 9.17) is 11.3 Å². The zero-order chi connectivity index (χ0) is 13.4. The molecule has 0 atom stereocenters. The van der Waals surface area contributed by atoms with Crippen LogP contribution >= 0.6 is 0 Å². The fraction of sp³-hybridized carbons (Fsp3) is 0. The molecule has 0 bridgehead atoms. The summed E-state index contributed by atoms with van der Waals surface area (Å²) in [7, 11) is 0. The van der Waals surface area contributed by atoms with E-state index in [1.54, 1.807) is 18.2 Å². The largest absolute Gasteiger partial charge is 0.383 e. The molecule has 1 amide bonds. The number of nitrogen functional groups attached to an aromatic ring is 1. The molecule has 0 saturated heterocycles. The molecule has 0 spiro atoms. The number of carbonyl (C=O) groups excluding carboxylic acids is 1. The number of carbonyl (C=O) groups is 1. The Kier molecular flexibility index (Phi) is 2.30. The summed E-state index contributed by atoms with van der Waals surface area (Å²) in [5.74, 6) is -0.321. The summed E-state index contributed by atoms with van der Waals surface area (Å²) in [6.45, 7) is 0. The van der Waals surface area contributed by atoms with Crippen LogP contribution in [0.1, 0.15) is 10.4 Å². The normalized spacial score (nSPS) is 10.5. The molecule has 0 aliphatic heterocycles. The van der Waals surface area contributed by atoms with Crippen molar-refractivity contribution in [1.82, 2.24) is 15.0 Å². The number of aromatic amines is 1. The van der Waals surface area contributed by atoms with Gasteiger partial charge in [0.05, 0.1) is 5.39 Å². The van der Waals surface area contributed by atoms with Gasteiger partial charge in [-0.2, -0.15) is 0 Å². The Hall–Kier alpha value is -3.12. The smallest absolute Gasteiger partial charge is 0.249 e. The second kappa shape index (κ2) is 3.97. The van der Waals surface area contributed by atoms with Crippen molar-refractivity contribution in [1.29, 1.82) is 0 Å². The van der Waals surface area contributed by atoms with Crippen LogP contribution in [-0.4, -0.2) is 20.9 Å². The van der Waals surface area contributed by atoms with Crippen LogP contribution < -0.4 is 5.73 Å². The van der Waals surface area contributed by atoms with Gasteiger partial charge in [-0.05, 0) is 28.8 Å². The summed E-state index contributed by atoms with van der Waals surface area (Å²) in [5, 5.41) is 4.42. The summed E-state index contributed by atoms with van der Waals surface area (Å²) < 4.78 is 0. The SMILES string of the molecule is [N-]=[N+]=NC(=O)c1ccc2[nH]c3ncnc(N)c3c2c1. The van der Waals surface area contributed by atoms with E-state index in [0.29, 0.717) is 22.2 Å². The number of hydrogen-bond acceptors (Lipinski definition) is 4. The number of aromatic nitrogens is 3. The molecule has 1 aromatic carbocycles. The fourth-order valence-electron chi connectivity index (χ4n) is 1.98. The standard InChI is InChI=1S/C11H7N7O/c12-9-8-6-3-5(11(19)17-18-13)1-2-7(6)16-10(8)15-4-14-9/h1-4H,(H3,12,14,15,16). The van der Waals surface area contributed by atoms with E-state index in [2.05, 4.69) is 25.0 Å². The van der Waals surface area contributed by atoms with Crippen LogP contribution in [-0.2, 0) is 0 Å².